The van der Waals surface area contributed by atoms with E-state index in [0.29, 0.717) is 11.9 Å². The van der Waals surface area contributed by atoms with E-state index >= 15 is 0 Å². The minimum atomic E-state index is -6.13. The second-order valence-corrected chi connectivity index (χ2v) is 18.0. The maximum absolute atomic E-state index is 14.2. The van der Waals surface area contributed by atoms with Crippen LogP contribution in [-0.4, -0.2) is 18.3 Å². The fourth-order valence-electron chi connectivity index (χ4n) is 7.12. The molecular weight excluding hydrogens is 1230 g/mol. The molecule has 6 aromatic rings. The highest BCUT2D eigenvalue weighted by atomic mass is 127. The lowest BCUT2D eigenvalue weighted by atomic mass is 9.12. The number of furan rings is 2. The van der Waals surface area contributed by atoms with Gasteiger partial charge in [-0.05, 0) is 24.3 Å². The molecule has 0 bridgehead atoms. The average Bonchev–Trinajstić information content (AvgIpc) is 3.90. The molecule has 0 saturated heterocycles. The smallest absolute Gasteiger partial charge is 0.443 e. The summed E-state index contributed by atoms with van der Waals surface area (Å²) in [5, 5.41) is 0. The summed E-state index contributed by atoms with van der Waals surface area (Å²) in [6.07, 6.45) is -54.8. The maximum Gasteiger partial charge on any atom is 0.443 e. The first-order valence-corrected chi connectivity index (χ1v) is 22.4. The van der Waals surface area contributed by atoms with E-state index in [9.17, 15) is 105 Å². The molecule has 0 spiro atoms. The zero-order valence-corrected chi connectivity index (χ0v) is 38.7. The highest BCUT2D eigenvalue weighted by molar-refractivity contribution is 7.20. The summed E-state index contributed by atoms with van der Waals surface area (Å²) >= 11 is 10.3. The molecule has 0 saturated carbocycles. The molecule has 6 rings (SSSR count). The predicted octanol–water partition coefficient (Wildman–Crippen LogP) is 11.4. The monoisotopic (exact) mass is 1250 g/mol. The Hall–Kier alpha value is -5.27. The molecule has 4 aromatic carbocycles. The van der Waals surface area contributed by atoms with Crippen LogP contribution in [0.5, 0.6) is 11.9 Å². The molecule has 2 aromatic heterocycles. The van der Waals surface area contributed by atoms with E-state index in [1.54, 1.807) is 12.1 Å². The Morgan fingerprint density at radius 3 is 0.676 bits per heavy atom. The van der Waals surface area contributed by atoms with Gasteiger partial charge in [0.1, 0.15) is 6.15 Å². The van der Waals surface area contributed by atoms with Gasteiger partial charge in [0.05, 0.1) is 44.5 Å². The van der Waals surface area contributed by atoms with Gasteiger partial charge >= 0.3 is 78.1 Å². The number of hydrogen-bond acceptors (Lipinski definition) is 4. The fraction of sp³-hybridized carbons (Fsp3) is 0.238. The number of ether oxygens (including phenoxy) is 2. The lowest BCUT2D eigenvalue weighted by Crippen LogP contribution is -3.61. The van der Waals surface area contributed by atoms with Crippen molar-refractivity contribution in [2.24, 2.45) is 0 Å². The Morgan fingerprint density at radius 2 is 0.514 bits per heavy atom. The Balaban J connectivity index is 0.000000500. The van der Waals surface area contributed by atoms with E-state index in [1.165, 1.54) is 0 Å². The van der Waals surface area contributed by atoms with E-state index in [-0.39, 0.29) is 12.1 Å². The van der Waals surface area contributed by atoms with Crippen molar-refractivity contribution in [3.63, 3.8) is 0 Å². The number of halogens is 27. The van der Waals surface area contributed by atoms with Crippen LogP contribution in [0.15, 0.2) is 106 Å². The Labute approximate surface area is 417 Å². The summed E-state index contributed by atoms with van der Waals surface area (Å²) in [6.45, 7) is 0. The topological polar surface area (TPSA) is 44.7 Å². The van der Waals surface area contributed by atoms with Crippen molar-refractivity contribution < 1.29 is 145 Å². The van der Waals surface area contributed by atoms with Crippen LogP contribution in [-0.2, 0) is 49.4 Å². The number of benzene rings is 4. The molecule has 32 heteroatoms. The van der Waals surface area contributed by atoms with Crippen LogP contribution in [0.2, 0.25) is 0 Å². The van der Waals surface area contributed by atoms with E-state index in [4.69, 9.17) is 41.5 Å². The highest BCUT2D eigenvalue weighted by Gasteiger charge is 2.47. The van der Waals surface area contributed by atoms with Crippen LogP contribution in [0.4, 0.5) is 105 Å². The lowest BCUT2D eigenvalue weighted by molar-refractivity contribution is -0.636. The van der Waals surface area contributed by atoms with Gasteiger partial charge in [-0.25, -0.2) is 0 Å². The van der Waals surface area contributed by atoms with Crippen LogP contribution in [0, 0.1) is 7.53 Å². The highest BCUT2D eigenvalue weighted by Crippen LogP contribution is 2.41. The Bertz CT molecular complexity index is 2450. The van der Waals surface area contributed by atoms with Crippen molar-refractivity contribution in [2.75, 3.05) is 12.1 Å². The molecule has 0 fully saturated rings. The Morgan fingerprint density at radius 1 is 0.324 bits per heavy atom. The lowest BCUT2D eigenvalue weighted by Gasteiger charge is -2.46. The van der Waals surface area contributed by atoms with Gasteiger partial charge in [-0.2, -0.15) is 127 Å². The number of alkyl halides is 26. The van der Waals surface area contributed by atoms with Gasteiger partial charge in [-0.1, -0.05) is 71.7 Å². The summed E-state index contributed by atoms with van der Waals surface area (Å²) in [5.41, 5.74) is -30.2. The summed E-state index contributed by atoms with van der Waals surface area (Å²) in [6, 6.07) is -1.51. The third kappa shape index (κ3) is 14.2. The number of rotatable bonds is 10. The van der Waals surface area contributed by atoms with E-state index in [0.717, 1.165) is 7.53 Å². The molecule has 0 aliphatic heterocycles. The summed E-state index contributed by atoms with van der Waals surface area (Å²) in [4.78, 5) is 0. The summed E-state index contributed by atoms with van der Waals surface area (Å²) < 4.78 is 363. The molecular formula is C42H20BCl2F24IO4. The molecule has 74 heavy (non-hydrogen) atoms. The van der Waals surface area contributed by atoms with Crippen LogP contribution in [0.25, 0.3) is 0 Å². The first-order chi connectivity index (χ1) is 33.6. The van der Waals surface area contributed by atoms with Crippen molar-refractivity contribution in [3.05, 3.63) is 149 Å². The molecule has 0 aliphatic carbocycles. The van der Waals surface area contributed by atoms with E-state index in [1.807, 2.05) is 12.1 Å². The van der Waals surface area contributed by atoms with E-state index < -0.39 is 216 Å². The van der Waals surface area contributed by atoms with Crippen LogP contribution >= 0.6 is 23.2 Å². The first kappa shape index (κ1) is 59.6. The molecule has 0 N–H and O–H groups in total. The average molecular weight is 1250 g/mol. The van der Waals surface area contributed by atoms with Crippen LogP contribution in [0.3, 0.4) is 0 Å². The molecule has 0 unspecified atom stereocenters. The minimum Gasteiger partial charge on any atom is -0.449 e. The Kier molecular flexibility index (Phi) is 16.9. The molecule has 0 aliphatic rings. The molecule has 0 atom stereocenters. The largest absolute Gasteiger partial charge is 0.449 e. The summed E-state index contributed by atoms with van der Waals surface area (Å²) in [5.74, 6) is 0.831. The third-order valence-electron chi connectivity index (χ3n) is 10.1. The second-order valence-electron chi connectivity index (χ2n) is 14.9. The van der Waals surface area contributed by atoms with E-state index in [2.05, 4.69) is 0 Å². The van der Waals surface area contributed by atoms with Gasteiger partial charge in [0.25, 0.3) is 11.9 Å². The molecule has 2 heterocycles. The van der Waals surface area contributed by atoms with Crippen molar-refractivity contribution in [3.8, 4) is 11.9 Å². The molecule has 4 nitrogen and oxygen atoms in total. The zero-order valence-electron chi connectivity index (χ0n) is 35.1. The van der Waals surface area contributed by atoms with Crippen LogP contribution < -0.4 is 52.5 Å². The van der Waals surface area contributed by atoms with Gasteiger partial charge in [0.2, 0.25) is 0 Å². The van der Waals surface area contributed by atoms with Gasteiger partial charge < -0.3 is 18.3 Å². The molecule has 0 amide bonds. The zero-order chi connectivity index (χ0) is 56.0. The first-order valence-electron chi connectivity index (χ1n) is 19.2. The quantitative estimate of drug-likeness (QED) is 0.0593. The third-order valence-corrected chi connectivity index (χ3v) is 12.6. The predicted molar refractivity (Wildman–Crippen MR) is 208 cm³/mol. The molecule has 404 valence electrons. The van der Waals surface area contributed by atoms with Gasteiger partial charge in [0.15, 0.2) is 12.1 Å². The van der Waals surface area contributed by atoms with Crippen molar-refractivity contribution in [1.29, 1.82) is 0 Å². The van der Waals surface area contributed by atoms with Gasteiger partial charge in [-0.3, -0.25) is 0 Å². The van der Waals surface area contributed by atoms with Gasteiger partial charge in [-0.15, -0.1) is 0 Å². The fourth-order valence-corrected chi connectivity index (χ4v) is 9.23. The molecule has 0 radical (unpaired) electrons. The SMILES string of the molecule is ClCOc1ccc([I+]c2ccc(OCCl)o2)o1.FC(F)(F)c1cc([B-](c2cc(C(F)(F)F)cc(C(F)(F)F)c2)(c2cc(C(F)(F)F)cc(C(F)(F)F)c2)c2cc(C(F)(F)F)cc(C(F)(F)F)c2)cc(C(F)(F)F)c1. The second kappa shape index (κ2) is 21.0. The standard InChI is InChI=1S/C32H12BF24.C10H8Cl2IO4/c34-25(35,36)13-1-14(26(37,38)39)6-21(5-13)33(22-7-15(27(40,41)42)2-16(8-22)28(43,44)45,23-9-17(29(46,47)48)3-18(10-23)30(49,50)51)24-11-19(31(52,53)54)4-20(12-24)32(55,56)57;11-5-14-9-3-1-7(16-9)13-8-2-4-10(17-8)15-6-12/h1-12H;1-4H,5-6H2/q-1;+1. The minimum absolute atomic E-state index is 0.0692. The maximum atomic E-state index is 14.2. The van der Waals surface area contributed by atoms with Crippen LogP contribution in [0.1, 0.15) is 44.5 Å². The van der Waals surface area contributed by atoms with Crippen molar-refractivity contribution in [2.45, 2.75) is 49.4 Å². The number of hydrogen-bond donors (Lipinski definition) is 0. The van der Waals surface area contributed by atoms with Crippen molar-refractivity contribution in [1.82, 2.24) is 0 Å². The normalized spacial score (nSPS) is 13.4. The van der Waals surface area contributed by atoms with Gasteiger partial charge in [0, 0.05) is 24.3 Å². The van der Waals surface area contributed by atoms with Crippen molar-refractivity contribution >= 4 is 51.2 Å². The summed E-state index contributed by atoms with van der Waals surface area (Å²) in [7, 11) is 0.